The standard InChI is InChI=1S/C61H39NO/c1-2-17-40(18-3-1)41-33-35-42(36-34-41)62(43-37-38-59-52(39-43)47-22-7-6-21-46(47)50-25-11-15-32-58(50)63-59)57-31-16-30-56-60(57)51-26-10-14-29-55(51)61(56)53-27-12-8-23-48(53)44-19-4-5-20-45(44)49-24-9-13-28-54(49)61/h1-39H. The minimum atomic E-state index is -0.594. The molecule has 0 bridgehead atoms. The van der Waals surface area contributed by atoms with Crippen molar-refractivity contribution in [3.8, 4) is 78.3 Å². The largest absolute Gasteiger partial charge is 0.456 e. The van der Waals surface area contributed by atoms with Crippen molar-refractivity contribution in [2.45, 2.75) is 5.41 Å². The summed E-state index contributed by atoms with van der Waals surface area (Å²) in [6, 6.07) is 86.7. The Kier molecular flexibility index (Phi) is 7.85. The minimum Gasteiger partial charge on any atom is -0.456 e. The monoisotopic (exact) mass is 801 g/mol. The van der Waals surface area contributed by atoms with Crippen LogP contribution < -0.4 is 9.64 Å². The van der Waals surface area contributed by atoms with Gasteiger partial charge in [-0.25, -0.2) is 0 Å². The molecule has 0 saturated carbocycles. The molecule has 2 heteroatoms. The van der Waals surface area contributed by atoms with Crippen molar-refractivity contribution >= 4 is 17.1 Å². The van der Waals surface area contributed by atoms with E-state index in [0.717, 1.165) is 50.8 Å². The van der Waals surface area contributed by atoms with Crippen LogP contribution in [0.2, 0.25) is 0 Å². The van der Waals surface area contributed by atoms with E-state index >= 15 is 0 Å². The first-order chi connectivity index (χ1) is 31.3. The Hall–Kier alpha value is -8.20. The molecule has 0 radical (unpaired) electrons. The maximum Gasteiger partial charge on any atom is 0.135 e. The van der Waals surface area contributed by atoms with Crippen LogP contribution in [0.3, 0.4) is 0 Å². The van der Waals surface area contributed by atoms with E-state index in [9.17, 15) is 0 Å². The number of benzene rings is 10. The molecule has 294 valence electrons. The van der Waals surface area contributed by atoms with Crippen molar-refractivity contribution in [1.82, 2.24) is 0 Å². The van der Waals surface area contributed by atoms with Crippen LogP contribution in [0.4, 0.5) is 17.1 Å². The number of hydrogen-bond acceptors (Lipinski definition) is 2. The Morgan fingerprint density at radius 1 is 0.286 bits per heavy atom. The summed E-state index contributed by atoms with van der Waals surface area (Å²) >= 11 is 0. The van der Waals surface area contributed by atoms with Crippen LogP contribution >= 0.6 is 0 Å². The Bertz CT molecular complexity index is 3370. The summed E-state index contributed by atoms with van der Waals surface area (Å²) < 4.78 is 6.78. The second kappa shape index (κ2) is 13.9. The van der Waals surface area contributed by atoms with E-state index in [0.29, 0.717) is 0 Å². The number of rotatable bonds is 4. The summed E-state index contributed by atoms with van der Waals surface area (Å²) in [5.41, 5.74) is 22.1. The molecule has 1 aliphatic heterocycles. The van der Waals surface area contributed by atoms with Gasteiger partial charge in [0.15, 0.2) is 0 Å². The molecule has 0 unspecified atom stereocenters. The molecular formula is C61H39NO. The zero-order valence-corrected chi connectivity index (χ0v) is 34.4. The van der Waals surface area contributed by atoms with Gasteiger partial charge in [-0.05, 0) is 115 Å². The average molecular weight is 802 g/mol. The Balaban J connectivity index is 1.10. The summed E-state index contributed by atoms with van der Waals surface area (Å²) in [4.78, 5) is 2.47. The zero-order valence-electron chi connectivity index (χ0n) is 34.4. The van der Waals surface area contributed by atoms with Gasteiger partial charge in [-0.3, -0.25) is 0 Å². The lowest BCUT2D eigenvalue weighted by Gasteiger charge is -2.35. The lowest BCUT2D eigenvalue weighted by atomic mass is 9.66. The molecule has 10 aromatic rings. The predicted octanol–water partition coefficient (Wildman–Crippen LogP) is 16.3. The van der Waals surface area contributed by atoms with Gasteiger partial charge < -0.3 is 9.64 Å². The van der Waals surface area contributed by atoms with Crippen molar-refractivity contribution in [2.75, 3.05) is 4.90 Å². The van der Waals surface area contributed by atoms with Crippen molar-refractivity contribution in [1.29, 1.82) is 0 Å². The molecule has 2 nitrogen and oxygen atoms in total. The fourth-order valence-electron chi connectivity index (χ4n) is 10.9. The molecule has 63 heavy (non-hydrogen) atoms. The number of para-hydroxylation sites is 1. The predicted molar refractivity (Wildman–Crippen MR) is 259 cm³/mol. The highest BCUT2D eigenvalue weighted by atomic mass is 16.5. The van der Waals surface area contributed by atoms with E-state index < -0.39 is 5.41 Å². The maximum atomic E-state index is 6.78. The maximum absolute atomic E-state index is 6.78. The number of anilines is 3. The van der Waals surface area contributed by atoms with Crippen molar-refractivity contribution < 1.29 is 4.74 Å². The highest BCUT2D eigenvalue weighted by Crippen LogP contribution is 2.63. The molecule has 10 aromatic carbocycles. The Labute approximate surface area is 367 Å². The van der Waals surface area contributed by atoms with Gasteiger partial charge in [-0.15, -0.1) is 0 Å². The van der Waals surface area contributed by atoms with E-state index in [2.05, 4.69) is 235 Å². The lowest BCUT2D eigenvalue weighted by molar-refractivity contribution is 0.488. The fraction of sp³-hybridized carbons (Fsp3) is 0.0164. The van der Waals surface area contributed by atoms with Gasteiger partial charge in [-0.2, -0.15) is 0 Å². The van der Waals surface area contributed by atoms with Crippen LogP contribution in [0.15, 0.2) is 237 Å². The zero-order chi connectivity index (χ0) is 41.5. The smallest absolute Gasteiger partial charge is 0.135 e. The molecular weight excluding hydrogens is 763 g/mol. The quantitative estimate of drug-likeness (QED) is 0.176. The van der Waals surface area contributed by atoms with Gasteiger partial charge in [0, 0.05) is 28.1 Å². The highest BCUT2D eigenvalue weighted by molar-refractivity contribution is 6.02. The molecule has 0 N–H and O–H groups in total. The second-order valence-corrected chi connectivity index (χ2v) is 16.7. The third kappa shape index (κ3) is 5.19. The van der Waals surface area contributed by atoms with E-state index in [1.165, 1.54) is 66.8 Å². The molecule has 1 spiro atoms. The first kappa shape index (κ1) is 35.5. The number of nitrogens with zero attached hydrogens (tertiary/aromatic N) is 1. The normalized spacial score (nSPS) is 13.0. The third-order valence-electron chi connectivity index (χ3n) is 13.5. The molecule has 0 atom stereocenters. The number of fused-ring (bicyclic) bond motifs is 17. The van der Waals surface area contributed by atoms with Gasteiger partial charge in [-0.1, -0.05) is 194 Å². The molecule has 3 aliphatic rings. The van der Waals surface area contributed by atoms with Gasteiger partial charge in [0.1, 0.15) is 11.5 Å². The fourth-order valence-corrected chi connectivity index (χ4v) is 10.9. The summed E-state index contributed by atoms with van der Waals surface area (Å²) in [5.74, 6) is 1.70. The van der Waals surface area contributed by atoms with Crippen LogP contribution in [0.5, 0.6) is 11.5 Å². The topological polar surface area (TPSA) is 12.5 Å². The van der Waals surface area contributed by atoms with Crippen LogP contribution in [0, 0.1) is 0 Å². The molecule has 0 fully saturated rings. The first-order valence-corrected chi connectivity index (χ1v) is 21.8. The van der Waals surface area contributed by atoms with E-state index in [4.69, 9.17) is 4.74 Å². The lowest BCUT2D eigenvalue weighted by Crippen LogP contribution is -2.29. The van der Waals surface area contributed by atoms with Crippen molar-refractivity contribution in [3.05, 3.63) is 259 Å². The van der Waals surface area contributed by atoms with Crippen molar-refractivity contribution in [3.63, 3.8) is 0 Å². The van der Waals surface area contributed by atoms with Crippen LogP contribution in [0.25, 0.3) is 66.8 Å². The second-order valence-electron chi connectivity index (χ2n) is 16.7. The van der Waals surface area contributed by atoms with Gasteiger partial charge in [0.05, 0.1) is 11.1 Å². The van der Waals surface area contributed by atoms with Crippen LogP contribution in [-0.2, 0) is 5.41 Å². The summed E-state index contributed by atoms with van der Waals surface area (Å²) in [6.45, 7) is 0. The van der Waals surface area contributed by atoms with Gasteiger partial charge in [0.2, 0.25) is 0 Å². The van der Waals surface area contributed by atoms with Gasteiger partial charge >= 0.3 is 0 Å². The highest BCUT2D eigenvalue weighted by Gasteiger charge is 2.50. The molecule has 0 saturated heterocycles. The van der Waals surface area contributed by atoms with Crippen molar-refractivity contribution in [2.24, 2.45) is 0 Å². The van der Waals surface area contributed by atoms with Crippen LogP contribution in [-0.4, -0.2) is 0 Å². The average Bonchev–Trinajstić information content (AvgIpc) is 3.51. The van der Waals surface area contributed by atoms with E-state index in [-0.39, 0.29) is 0 Å². The molecule has 1 heterocycles. The summed E-state index contributed by atoms with van der Waals surface area (Å²) in [5, 5.41) is 0. The third-order valence-corrected chi connectivity index (χ3v) is 13.5. The molecule has 13 rings (SSSR count). The summed E-state index contributed by atoms with van der Waals surface area (Å²) in [6.07, 6.45) is 0. The Morgan fingerprint density at radius 3 is 1.38 bits per heavy atom. The molecule has 0 aromatic heterocycles. The number of ether oxygens (including phenoxy) is 1. The summed E-state index contributed by atoms with van der Waals surface area (Å²) in [7, 11) is 0. The Morgan fingerprint density at radius 2 is 0.730 bits per heavy atom. The number of hydrogen-bond donors (Lipinski definition) is 0. The van der Waals surface area contributed by atoms with Crippen LogP contribution in [0.1, 0.15) is 22.3 Å². The molecule has 2 aliphatic carbocycles. The molecule has 0 amide bonds. The minimum absolute atomic E-state index is 0.594. The van der Waals surface area contributed by atoms with E-state index in [1.807, 2.05) is 6.07 Å². The first-order valence-electron chi connectivity index (χ1n) is 21.8. The van der Waals surface area contributed by atoms with E-state index in [1.54, 1.807) is 0 Å². The SMILES string of the molecule is c1ccc(-c2ccc(N(c3ccc4c(c3)-c3ccccc3-c3ccccc3O4)c3cccc4c3-c3ccccc3C43c4ccccc4-c4ccccc4-c4ccccc43)cc2)cc1. The van der Waals surface area contributed by atoms with Gasteiger partial charge in [0.25, 0.3) is 0 Å².